The molecule has 0 radical (unpaired) electrons. The fourth-order valence-electron chi connectivity index (χ4n) is 3.02. The molecule has 1 amide bonds. The highest BCUT2D eigenvalue weighted by Gasteiger charge is 2.17. The van der Waals surface area contributed by atoms with E-state index in [-0.39, 0.29) is 11.9 Å². The SMILES string of the molecule is CCCn1ncnc1C(C)NC(=O)c1cccc(-c2ccc(OC)cc2F)c1. The lowest BCUT2D eigenvalue weighted by molar-refractivity contribution is 0.0937. The summed E-state index contributed by atoms with van der Waals surface area (Å²) in [6, 6.07) is 11.2. The van der Waals surface area contributed by atoms with E-state index in [4.69, 9.17) is 4.74 Å². The molecule has 0 spiro atoms. The van der Waals surface area contributed by atoms with E-state index in [9.17, 15) is 9.18 Å². The Morgan fingerprint density at radius 3 is 2.82 bits per heavy atom. The molecule has 0 aliphatic heterocycles. The Morgan fingerprint density at radius 2 is 2.11 bits per heavy atom. The lowest BCUT2D eigenvalue weighted by Crippen LogP contribution is -2.29. The van der Waals surface area contributed by atoms with Gasteiger partial charge in [0.05, 0.1) is 13.2 Å². The summed E-state index contributed by atoms with van der Waals surface area (Å²) < 4.78 is 21.2. The van der Waals surface area contributed by atoms with Crippen LogP contribution in [0.2, 0.25) is 0 Å². The number of benzene rings is 2. The van der Waals surface area contributed by atoms with E-state index in [2.05, 4.69) is 22.3 Å². The number of aromatic nitrogens is 3. The van der Waals surface area contributed by atoms with Crippen molar-refractivity contribution in [1.29, 1.82) is 0 Å². The number of hydrogen-bond donors (Lipinski definition) is 1. The Kier molecular flexibility index (Phi) is 6.03. The third-order valence-electron chi connectivity index (χ3n) is 4.43. The first-order chi connectivity index (χ1) is 13.5. The maximum atomic E-state index is 14.4. The number of halogens is 1. The summed E-state index contributed by atoms with van der Waals surface area (Å²) in [5.74, 6) is 0.486. The normalized spacial score (nSPS) is 11.9. The van der Waals surface area contributed by atoms with E-state index in [0.717, 1.165) is 13.0 Å². The first-order valence-electron chi connectivity index (χ1n) is 9.16. The van der Waals surface area contributed by atoms with E-state index in [1.165, 1.54) is 19.5 Å². The first-order valence-corrected chi connectivity index (χ1v) is 9.16. The minimum Gasteiger partial charge on any atom is -0.497 e. The van der Waals surface area contributed by atoms with Crippen molar-refractivity contribution in [1.82, 2.24) is 20.1 Å². The van der Waals surface area contributed by atoms with Gasteiger partial charge in [-0.15, -0.1) is 0 Å². The number of aryl methyl sites for hydroxylation is 1. The molecule has 1 unspecified atom stereocenters. The summed E-state index contributed by atoms with van der Waals surface area (Å²) in [5.41, 5.74) is 1.47. The van der Waals surface area contributed by atoms with Crippen LogP contribution in [0.5, 0.6) is 5.75 Å². The number of nitrogens with one attached hydrogen (secondary N) is 1. The Labute approximate surface area is 163 Å². The predicted molar refractivity (Wildman–Crippen MR) is 105 cm³/mol. The number of nitrogens with zero attached hydrogens (tertiary/aromatic N) is 3. The summed E-state index contributed by atoms with van der Waals surface area (Å²) in [4.78, 5) is 17.0. The van der Waals surface area contributed by atoms with Gasteiger partial charge in [0.1, 0.15) is 23.7 Å². The number of ether oxygens (including phenoxy) is 1. The number of carbonyl (C=O) groups is 1. The summed E-state index contributed by atoms with van der Waals surface area (Å²) in [7, 11) is 1.49. The summed E-state index contributed by atoms with van der Waals surface area (Å²) in [6.07, 6.45) is 2.41. The Morgan fingerprint density at radius 1 is 1.29 bits per heavy atom. The van der Waals surface area contributed by atoms with Gasteiger partial charge in [0.25, 0.3) is 5.91 Å². The summed E-state index contributed by atoms with van der Waals surface area (Å²) >= 11 is 0. The second-order valence-corrected chi connectivity index (χ2v) is 6.46. The highest BCUT2D eigenvalue weighted by molar-refractivity contribution is 5.95. The molecule has 28 heavy (non-hydrogen) atoms. The monoisotopic (exact) mass is 382 g/mol. The van der Waals surface area contributed by atoms with Gasteiger partial charge in [0.15, 0.2) is 0 Å². The second-order valence-electron chi connectivity index (χ2n) is 6.46. The van der Waals surface area contributed by atoms with Gasteiger partial charge in [-0.2, -0.15) is 5.10 Å². The zero-order chi connectivity index (χ0) is 20.1. The number of rotatable bonds is 7. The van der Waals surface area contributed by atoms with E-state index in [1.807, 2.05) is 6.92 Å². The Hall–Kier alpha value is -3.22. The first kappa shape index (κ1) is 19.5. The van der Waals surface area contributed by atoms with E-state index < -0.39 is 5.82 Å². The quantitative estimate of drug-likeness (QED) is 0.671. The van der Waals surface area contributed by atoms with Crippen LogP contribution in [0.1, 0.15) is 42.5 Å². The average Bonchev–Trinajstić information content (AvgIpc) is 3.16. The number of hydrogen-bond acceptors (Lipinski definition) is 4. The van der Waals surface area contributed by atoms with Crippen LogP contribution in [-0.2, 0) is 6.54 Å². The largest absolute Gasteiger partial charge is 0.497 e. The minimum atomic E-state index is -0.405. The minimum absolute atomic E-state index is 0.255. The zero-order valence-electron chi connectivity index (χ0n) is 16.1. The summed E-state index contributed by atoms with van der Waals surface area (Å²) in [6.45, 7) is 4.65. The van der Waals surface area contributed by atoms with Crippen molar-refractivity contribution in [3.8, 4) is 16.9 Å². The molecule has 3 aromatic rings. The topological polar surface area (TPSA) is 69.0 Å². The van der Waals surface area contributed by atoms with E-state index >= 15 is 0 Å². The maximum absolute atomic E-state index is 14.4. The zero-order valence-corrected chi connectivity index (χ0v) is 16.1. The van der Waals surface area contributed by atoms with Crippen LogP contribution in [0.15, 0.2) is 48.8 Å². The lowest BCUT2D eigenvalue weighted by Gasteiger charge is -2.15. The van der Waals surface area contributed by atoms with Crippen LogP contribution in [0.3, 0.4) is 0 Å². The fraction of sp³-hybridized carbons (Fsp3) is 0.286. The number of carbonyl (C=O) groups excluding carboxylic acids is 1. The van der Waals surface area contributed by atoms with E-state index in [0.29, 0.717) is 28.3 Å². The number of amides is 1. The Balaban J connectivity index is 1.80. The second kappa shape index (κ2) is 8.65. The van der Waals surface area contributed by atoms with E-state index in [1.54, 1.807) is 41.1 Å². The van der Waals surface area contributed by atoms with Crippen LogP contribution in [0.4, 0.5) is 4.39 Å². The standard InChI is InChI=1S/C21H23FN4O2/c1-4-10-26-20(23-13-24-26)14(2)25-21(27)16-7-5-6-15(11-16)18-9-8-17(28-3)12-19(18)22/h5-9,11-14H,4,10H2,1-3H3,(H,25,27). The molecule has 0 aliphatic carbocycles. The van der Waals surface area contributed by atoms with Crippen molar-refractivity contribution < 1.29 is 13.9 Å². The molecule has 0 saturated heterocycles. The van der Waals surface area contributed by atoms with Crippen molar-refractivity contribution >= 4 is 5.91 Å². The van der Waals surface area contributed by atoms with Crippen LogP contribution >= 0.6 is 0 Å². The molecule has 0 saturated carbocycles. The molecule has 0 aliphatic rings. The number of methoxy groups -OCH3 is 1. The predicted octanol–water partition coefficient (Wildman–Crippen LogP) is 3.99. The molecular formula is C21H23FN4O2. The van der Waals surface area contributed by atoms with Crippen LogP contribution in [0, 0.1) is 5.82 Å². The molecule has 146 valence electrons. The van der Waals surface area contributed by atoms with Gasteiger partial charge in [-0.05, 0) is 43.2 Å². The smallest absolute Gasteiger partial charge is 0.251 e. The molecule has 2 aromatic carbocycles. The van der Waals surface area contributed by atoms with Crippen molar-refractivity contribution in [3.63, 3.8) is 0 Å². The maximum Gasteiger partial charge on any atom is 0.251 e. The van der Waals surface area contributed by atoms with Gasteiger partial charge in [-0.25, -0.2) is 14.1 Å². The Bertz CT molecular complexity index is 971. The van der Waals surface area contributed by atoms with Gasteiger partial charge >= 0.3 is 0 Å². The van der Waals surface area contributed by atoms with Crippen molar-refractivity contribution in [2.24, 2.45) is 0 Å². The van der Waals surface area contributed by atoms with Crippen LogP contribution in [-0.4, -0.2) is 27.8 Å². The van der Waals surface area contributed by atoms with Crippen LogP contribution in [0.25, 0.3) is 11.1 Å². The third kappa shape index (κ3) is 4.19. The van der Waals surface area contributed by atoms with Gasteiger partial charge in [0.2, 0.25) is 0 Å². The molecular weight excluding hydrogens is 359 g/mol. The van der Waals surface area contributed by atoms with Crippen molar-refractivity contribution in [2.45, 2.75) is 32.9 Å². The van der Waals surface area contributed by atoms with Gasteiger partial charge in [0, 0.05) is 23.7 Å². The molecule has 1 aromatic heterocycles. The molecule has 7 heteroatoms. The van der Waals surface area contributed by atoms with Gasteiger partial charge < -0.3 is 10.1 Å². The van der Waals surface area contributed by atoms with Crippen molar-refractivity contribution in [2.75, 3.05) is 7.11 Å². The van der Waals surface area contributed by atoms with Gasteiger partial charge in [-0.3, -0.25) is 4.79 Å². The summed E-state index contributed by atoms with van der Waals surface area (Å²) in [5, 5.41) is 7.12. The molecule has 0 fully saturated rings. The lowest BCUT2D eigenvalue weighted by atomic mass is 10.0. The van der Waals surface area contributed by atoms with Crippen molar-refractivity contribution in [3.05, 3.63) is 66.0 Å². The van der Waals surface area contributed by atoms with Gasteiger partial charge in [-0.1, -0.05) is 19.1 Å². The molecule has 1 heterocycles. The highest BCUT2D eigenvalue weighted by atomic mass is 19.1. The average molecular weight is 382 g/mol. The molecule has 0 bridgehead atoms. The third-order valence-corrected chi connectivity index (χ3v) is 4.43. The highest BCUT2D eigenvalue weighted by Crippen LogP contribution is 2.27. The molecule has 3 rings (SSSR count). The van der Waals surface area contributed by atoms with Crippen LogP contribution < -0.4 is 10.1 Å². The fourth-order valence-corrected chi connectivity index (χ4v) is 3.02. The molecule has 1 N–H and O–H groups in total. The molecule has 6 nitrogen and oxygen atoms in total. The molecule has 1 atom stereocenters.